The highest BCUT2D eigenvalue weighted by Crippen LogP contribution is 2.41. The SMILES string of the molecule is C=C(F)C(F)(F)C(Cl)=C(F)C(F)(F)F. The van der Waals surface area contributed by atoms with E-state index in [2.05, 4.69) is 11.6 Å². The number of hydrogen-bond donors (Lipinski definition) is 0. The molecule has 0 aromatic heterocycles. The van der Waals surface area contributed by atoms with Gasteiger partial charge in [-0.05, 0) is 0 Å². The van der Waals surface area contributed by atoms with Crippen LogP contribution in [0.3, 0.4) is 0 Å². The summed E-state index contributed by atoms with van der Waals surface area (Å²) in [6.45, 7) is 2.04. The quantitative estimate of drug-likeness (QED) is 0.640. The molecule has 0 N–H and O–H groups in total. The van der Waals surface area contributed by atoms with Crippen LogP contribution in [0.25, 0.3) is 0 Å². The fraction of sp³-hybridized carbons (Fsp3) is 0.333. The highest BCUT2D eigenvalue weighted by molar-refractivity contribution is 6.31. The van der Waals surface area contributed by atoms with E-state index in [4.69, 9.17) is 0 Å². The molecule has 0 saturated heterocycles. The molecule has 0 aliphatic carbocycles. The average Bonchev–Trinajstić information content (AvgIpc) is 1.99. The number of allylic oxidation sites excluding steroid dienone is 3. The molecular formula is C6H2ClF7. The Morgan fingerprint density at radius 2 is 1.36 bits per heavy atom. The van der Waals surface area contributed by atoms with E-state index in [-0.39, 0.29) is 0 Å². The van der Waals surface area contributed by atoms with E-state index in [1.165, 1.54) is 0 Å². The molecule has 0 rings (SSSR count). The summed E-state index contributed by atoms with van der Waals surface area (Å²) >= 11 is 4.34. The van der Waals surface area contributed by atoms with Gasteiger partial charge < -0.3 is 0 Å². The van der Waals surface area contributed by atoms with E-state index in [0.29, 0.717) is 0 Å². The van der Waals surface area contributed by atoms with Crippen molar-refractivity contribution in [3.8, 4) is 0 Å². The number of hydrogen-bond acceptors (Lipinski definition) is 0. The second-order valence-corrected chi connectivity index (χ2v) is 2.48. The second-order valence-electron chi connectivity index (χ2n) is 2.11. The Labute approximate surface area is 78.6 Å². The summed E-state index contributed by atoms with van der Waals surface area (Å²) < 4.78 is 83.1. The minimum atomic E-state index is -5.68. The predicted molar refractivity (Wildman–Crippen MR) is 35.2 cm³/mol. The summed E-state index contributed by atoms with van der Waals surface area (Å²) in [5, 5.41) is -2.57. The molecule has 0 amide bonds. The molecular weight excluding hydrogens is 241 g/mol. The van der Waals surface area contributed by atoms with Crippen molar-refractivity contribution in [2.75, 3.05) is 0 Å². The van der Waals surface area contributed by atoms with Crippen molar-refractivity contribution in [2.45, 2.75) is 12.1 Å². The minimum Gasteiger partial charge on any atom is -0.205 e. The van der Waals surface area contributed by atoms with Gasteiger partial charge in [0.25, 0.3) is 0 Å². The predicted octanol–water partition coefficient (Wildman–Crippen LogP) is 4.09. The van der Waals surface area contributed by atoms with Gasteiger partial charge in [0.2, 0.25) is 5.83 Å². The zero-order valence-corrected chi connectivity index (χ0v) is 6.99. The average molecular weight is 243 g/mol. The van der Waals surface area contributed by atoms with E-state index in [1.54, 1.807) is 0 Å². The van der Waals surface area contributed by atoms with Crippen molar-refractivity contribution in [2.24, 2.45) is 0 Å². The third-order valence-corrected chi connectivity index (χ3v) is 1.46. The zero-order valence-electron chi connectivity index (χ0n) is 6.23. The van der Waals surface area contributed by atoms with Crippen LogP contribution in [0.4, 0.5) is 30.7 Å². The molecule has 0 unspecified atom stereocenters. The van der Waals surface area contributed by atoms with Crippen LogP contribution in [0.5, 0.6) is 0 Å². The lowest BCUT2D eigenvalue weighted by molar-refractivity contribution is -0.112. The fourth-order valence-corrected chi connectivity index (χ4v) is 0.591. The first-order valence-corrected chi connectivity index (χ1v) is 3.24. The molecule has 0 radical (unpaired) electrons. The van der Waals surface area contributed by atoms with Crippen molar-refractivity contribution < 1.29 is 30.7 Å². The van der Waals surface area contributed by atoms with Gasteiger partial charge in [0.05, 0.1) is 0 Å². The fourth-order valence-electron chi connectivity index (χ4n) is 0.381. The third kappa shape index (κ3) is 2.63. The van der Waals surface area contributed by atoms with Crippen LogP contribution >= 0.6 is 11.6 Å². The monoisotopic (exact) mass is 242 g/mol. The molecule has 0 atom stereocenters. The van der Waals surface area contributed by atoms with E-state index < -0.39 is 28.8 Å². The molecule has 0 aromatic carbocycles. The van der Waals surface area contributed by atoms with Crippen molar-refractivity contribution in [3.05, 3.63) is 23.3 Å². The lowest BCUT2D eigenvalue weighted by Gasteiger charge is -2.14. The van der Waals surface area contributed by atoms with Gasteiger partial charge in [0, 0.05) is 0 Å². The van der Waals surface area contributed by atoms with Crippen LogP contribution in [0.1, 0.15) is 0 Å². The highest BCUT2D eigenvalue weighted by Gasteiger charge is 2.47. The Morgan fingerprint density at radius 1 is 1.00 bits per heavy atom. The minimum absolute atomic E-state index is 2.04. The molecule has 0 spiro atoms. The molecule has 0 aliphatic rings. The molecule has 0 aliphatic heterocycles. The molecule has 0 saturated carbocycles. The van der Waals surface area contributed by atoms with Crippen LogP contribution in [-0.4, -0.2) is 12.1 Å². The molecule has 0 bridgehead atoms. The van der Waals surface area contributed by atoms with Gasteiger partial charge in [-0.15, -0.1) is 0 Å². The van der Waals surface area contributed by atoms with Crippen molar-refractivity contribution in [1.82, 2.24) is 0 Å². The van der Waals surface area contributed by atoms with Crippen LogP contribution in [0, 0.1) is 0 Å². The van der Waals surface area contributed by atoms with Gasteiger partial charge in [-0.1, -0.05) is 18.2 Å². The van der Waals surface area contributed by atoms with Crippen LogP contribution in [0.15, 0.2) is 23.3 Å². The summed E-state index contributed by atoms with van der Waals surface area (Å²) in [6, 6.07) is 0. The molecule has 0 aromatic rings. The lowest BCUT2D eigenvalue weighted by Crippen LogP contribution is -2.22. The molecule has 82 valence electrons. The zero-order chi connectivity index (χ0) is 11.7. The number of rotatable bonds is 2. The van der Waals surface area contributed by atoms with Gasteiger partial charge in [-0.3, -0.25) is 0 Å². The van der Waals surface area contributed by atoms with Gasteiger partial charge >= 0.3 is 12.1 Å². The first kappa shape index (κ1) is 13.3. The largest absolute Gasteiger partial charge is 0.444 e. The van der Waals surface area contributed by atoms with E-state index >= 15 is 0 Å². The van der Waals surface area contributed by atoms with Crippen LogP contribution in [0.2, 0.25) is 0 Å². The first-order chi connectivity index (χ1) is 6.01. The topological polar surface area (TPSA) is 0 Å². The molecule has 0 fully saturated rings. The summed E-state index contributed by atoms with van der Waals surface area (Å²) in [7, 11) is 0. The maximum Gasteiger partial charge on any atom is 0.444 e. The molecule has 8 heteroatoms. The standard InChI is InChI=1S/C6H2ClF7/c1-2(8)5(10,11)3(7)4(9)6(12,13)14/h1H2. The van der Waals surface area contributed by atoms with Gasteiger partial charge in [-0.25, -0.2) is 8.78 Å². The van der Waals surface area contributed by atoms with Gasteiger partial charge in [0.1, 0.15) is 5.03 Å². The maximum absolute atomic E-state index is 12.3. The summed E-state index contributed by atoms with van der Waals surface area (Å²) in [5.74, 6) is -10.6. The summed E-state index contributed by atoms with van der Waals surface area (Å²) in [5.41, 5.74) is 0. The van der Waals surface area contributed by atoms with Crippen molar-refractivity contribution >= 4 is 11.6 Å². The number of halogens is 8. The van der Waals surface area contributed by atoms with Crippen LogP contribution in [-0.2, 0) is 0 Å². The Kier molecular flexibility index (Phi) is 3.60. The highest BCUT2D eigenvalue weighted by atomic mass is 35.5. The van der Waals surface area contributed by atoms with E-state index in [0.717, 1.165) is 0 Å². The first-order valence-electron chi connectivity index (χ1n) is 2.87. The molecule has 0 heterocycles. The Bertz CT molecular complexity index is 274. The summed E-state index contributed by atoms with van der Waals surface area (Å²) in [6.07, 6.45) is -5.68. The summed E-state index contributed by atoms with van der Waals surface area (Å²) in [4.78, 5) is 0. The van der Waals surface area contributed by atoms with Gasteiger partial charge in [-0.2, -0.15) is 22.0 Å². The normalized spacial score (nSPS) is 15.1. The van der Waals surface area contributed by atoms with Crippen molar-refractivity contribution in [1.29, 1.82) is 0 Å². The smallest absolute Gasteiger partial charge is 0.205 e. The van der Waals surface area contributed by atoms with Crippen LogP contribution < -0.4 is 0 Å². The number of alkyl halides is 5. The van der Waals surface area contributed by atoms with E-state index in [1.807, 2.05) is 6.58 Å². The lowest BCUT2D eigenvalue weighted by atomic mass is 10.2. The van der Waals surface area contributed by atoms with E-state index in [9.17, 15) is 30.7 Å². The van der Waals surface area contributed by atoms with Gasteiger partial charge in [0.15, 0.2) is 5.83 Å². The van der Waals surface area contributed by atoms with Crippen molar-refractivity contribution in [3.63, 3.8) is 0 Å². The Balaban J connectivity index is 5.31. The molecule has 0 nitrogen and oxygen atoms in total. The Hall–Kier alpha value is -0.720. The molecule has 14 heavy (non-hydrogen) atoms. The second kappa shape index (κ2) is 3.80. The third-order valence-electron chi connectivity index (χ3n) is 1.06. The maximum atomic E-state index is 12.3. The Morgan fingerprint density at radius 3 is 1.57 bits per heavy atom.